The van der Waals surface area contributed by atoms with Crippen molar-refractivity contribution in [3.05, 3.63) is 36.5 Å². The van der Waals surface area contributed by atoms with Gasteiger partial charge in [-0.05, 0) is 57.8 Å². The molecule has 0 saturated heterocycles. The van der Waals surface area contributed by atoms with E-state index in [4.69, 9.17) is 18.5 Å². The highest BCUT2D eigenvalue weighted by Gasteiger charge is 2.21. The van der Waals surface area contributed by atoms with Gasteiger partial charge in [0.25, 0.3) is 7.82 Å². The molecule has 0 spiro atoms. The molecule has 0 fully saturated rings. The summed E-state index contributed by atoms with van der Waals surface area (Å²) in [6.07, 6.45) is 31.7. The second kappa shape index (κ2) is 31.2. The predicted molar refractivity (Wildman–Crippen MR) is 194 cm³/mol. The summed E-state index contributed by atoms with van der Waals surface area (Å²) in [5.41, 5.74) is 0. The molecule has 0 amide bonds. The van der Waals surface area contributed by atoms with E-state index in [2.05, 4.69) is 50.3 Å². The van der Waals surface area contributed by atoms with Gasteiger partial charge in [0.05, 0.1) is 27.7 Å². The van der Waals surface area contributed by atoms with Gasteiger partial charge in [0.1, 0.15) is 19.8 Å². The largest absolute Gasteiger partial charge is 0.756 e. The standard InChI is InChI=1S/C38H70NO8P/c1-6-8-10-12-14-16-18-19-20-21-23-25-27-29-31-38(41)47-36(35-46-48(42,43)45-33-32-39(3,4)5)34-44-37(40)30-28-26-24-22-17-15-13-11-9-7-2/h11-14,18-19,36H,6-10,15-17,20-35H2,1-5H3/b13-11-,14-12-,19-18-. The van der Waals surface area contributed by atoms with Crippen molar-refractivity contribution in [2.24, 2.45) is 0 Å². The Morgan fingerprint density at radius 3 is 1.75 bits per heavy atom. The minimum atomic E-state index is -4.62. The summed E-state index contributed by atoms with van der Waals surface area (Å²) in [5.74, 6) is -0.868. The molecule has 0 rings (SSSR count). The highest BCUT2D eigenvalue weighted by atomic mass is 31.2. The molecule has 0 aromatic carbocycles. The van der Waals surface area contributed by atoms with Gasteiger partial charge in [0.15, 0.2) is 6.10 Å². The summed E-state index contributed by atoms with van der Waals surface area (Å²) in [6, 6.07) is 0. The topological polar surface area (TPSA) is 111 Å². The third-order valence-electron chi connectivity index (χ3n) is 7.61. The first-order valence-corrected chi connectivity index (χ1v) is 20.2. The van der Waals surface area contributed by atoms with Gasteiger partial charge in [-0.3, -0.25) is 14.2 Å². The van der Waals surface area contributed by atoms with Crippen LogP contribution in [-0.2, 0) is 32.7 Å². The molecule has 0 aliphatic rings. The minimum absolute atomic E-state index is 0.0357. The van der Waals surface area contributed by atoms with Gasteiger partial charge < -0.3 is 27.9 Å². The number of hydrogen-bond acceptors (Lipinski definition) is 8. The van der Waals surface area contributed by atoms with Gasteiger partial charge in [-0.15, -0.1) is 0 Å². The summed E-state index contributed by atoms with van der Waals surface area (Å²) in [6.45, 7) is 4.06. The Labute approximate surface area is 293 Å². The predicted octanol–water partition coefficient (Wildman–Crippen LogP) is 9.16. The van der Waals surface area contributed by atoms with Gasteiger partial charge in [0.2, 0.25) is 0 Å². The van der Waals surface area contributed by atoms with Crippen LogP contribution >= 0.6 is 7.82 Å². The fourth-order valence-corrected chi connectivity index (χ4v) is 5.34. The van der Waals surface area contributed by atoms with Crippen molar-refractivity contribution in [1.29, 1.82) is 0 Å². The highest BCUT2D eigenvalue weighted by Crippen LogP contribution is 2.38. The average molecular weight is 700 g/mol. The Balaban J connectivity index is 4.49. The molecule has 10 heteroatoms. The van der Waals surface area contributed by atoms with Crippen molar-refractivity contribution in [2.75, 3.05) is 47.5 Å². The number of phosphoric ester groups is 1. The molecule has 0 aromatic rings. The highest BCUT2D eigenvalue weighted by molar-refractivity contribution is 7.45. The SMILES string of the molecule is CCC/C=C\CCCCCCCC(=O)OCC(COP(=O)([O-])OCC[N+](C)(C)C)OC(=O)CCCCCCC/C=C\C/C=C\CCCC. The fraction of sp³-hybridized carbons (Fsp3) is 0.789. The number of unbranched alkanes of at least 4 members (excludes halogenated alkanes) is 13. The van der Waals surface area contributed by atoms with Gasteiger partial charge in [-0.25, -0.2) is 0 Å². The molecule has 0 aromatic heterocycles. The zero-order valence-corrected chi connectivity index (χ0v) is 32.1. The van der Waals surface area contributed by atoms with E-state index < -0.39 is 32.5 Å². The van der Waals surface area contributed by atoms with Crippen LogP contribution in [0.4, 0.5) is 0 Å². The lowest BCUT2D eigenvalue weighted by Gasteiger charge is -2.28. The van der Waals surface area contributed by atoms with E-state index in [9.17, 15) is 19.0 Å². The van der Waals surface area contributed by atoms with Crippen LogP contribution in [0.2, 0.25) is 0 Å². The maximum atomic E-state index is 12.6. The summed E-state index contributed by atoms with van der Waals surface area (Å²) < 4.78 is 33.7. The maximum Gasteiger partial charge on any atom is 0.306 e. The number of carbonyl (C=O) groups is 2. The summed E-state index contributed by atoms with van der Waals surface area (Å²) >= 11 is 0. The zero-order chi connectivity index (χ0) is 35.8. The maximum absolute atomic E-state index is 12.6. The fourth-order valence-electron chi connectivity index (χ4n) is 4.61. The normalized spacial score (nSPS) is 14.2. The Morgan fingerprint density at radius 2 is 1.17 bits per heavy atom. The first kappa shape index (κ1) is 46.2. The first-order chi connectivity index (χ1) is 23.0. The summed E-state index contributed by atoms with van der Waals surface area (Å²) in [5, 5.41) is 0. The van der Waals surface area contributed by atoms with Crippen LogP contribution in [0, 0.1) is 0 Å². The van der Waals surface area contributed by atoms with Crippen molar-refractivity contribution < 1.29 is 42.1 Å². The molecule has 0 N–H and O–H groups in total. The van der Waals surface area contributed by atoms with Crippen LogP contribution in [-0.4, -0.2) is 70.0 Å². The van der Waals surface area contributed by atoms with Gasteiger partial charge in [-0.2, -0.15) is 0 Å². The number of carbonyl (C=O) groups excluding carboxylic acids is 2. The number of nitrogens with zero attached hydrogens (tertiary/aromatic N) is 1. The molecule has 48 heavy (non-hydrogen) atoms. The molecular weight excluding hydrogens is 629 g/mol. The van der Waals surface area contributed by atoms with Crippen LogP contribution in [0.3, 0.4) is 0 Å². The third-order valence-corrected chi connectivity index (χ3v) is 8.58. The molecule has 0 heterocycles. The van der Waals surface area contributed by atoms with E-state index in [1.165, 1.54) is 19.3 Å². The summed E-state index contributed by atoms with van der Waals surface area (Å²) in [4.78, 5) is 37.2. The van der Waals surface area contributed by atoms with Gasteiger partial charge in [0, 0.05) is 12.8 Å². The Kier molecular flexibility index (Phi) is 30.1. The molecule has 280 valence electrons. The Hall–Kier alpha value is -1.77. The molecule has 0 radical (unpaired) electrons. The van der Waals surface area contributed by atoms with Crippen LogP contribution in [0.25, 0.3) is 0 Å². The van der Waals surface area contributed by atoms with Crippen molar-refractivity contribution in [3.63, 3.8) is 0 Å². The number of phosphoric acid groups is 1. The number of quaternary nitrogens is 1. The number of esters is 2. The van der Waals surface area contributed by atoms with E-state index in [0.29, 0.717) is 23.9 Å². The van der Waals surface area contributed by atoms with Crippen LogP contribution in [0.1, 0.15) is 142 Å². The van der Waals surface area contributed by atoms with Crippen molar-refractivity contribution >= 4 is 19.8 Å². The lowest BCUT2D eigenvalue weighted by atomic mass is 10.1. The number of likely N-dealkylation sites (N-methyl/N-ethyl adjacent to an activating group) is 1. The molecular formula is C38H70NO8P. The second-order valence-electron chi connectivity index (χ2n) is 13.6. The number of rotatable bonds is 33. The van der Waals surface area contributed by atoms with Crippen molar-refractivity contribution in [2.45, 2.75) is 148 Å². The van der Waals surface area contributed by atoms with E-state index >= 15 is 0 Å². The monoisotopic (exact) mass is 699 g/mol. The minimum Gasteiger partial charge on any atom is -0.756 e. The van der Waals surface area contributed by atoms with Crippen molar-refractivity contribution in [1.82, 2.24) is 0 Å². The molecule has 0 saturated carbocycles. The lowest BCUT2D eigenvalue weighted by Crippen LogP contribution is -2.37. The quantitative estimate of drug-likeness (QED) is 0.0219. The molecule has 9 nitrogen and oxygen atoms in total. The van der Waals surface area contributed by atoms with E-state index in [0.717, 1.165) is 83.5 Å². The number of ether oxygens (including phenoxy) is 2. The van der Waals surface area contributed by atoms with E-state index in [1.54, 1.807) is 0 Å². The van der Waals surface area contributed by atoms with Gasteiger partial charge >= 0.3 is 11.9 Å². The van der Waals surface area contributed by atoms with Crippen LogP contribution in [0.5, 0.6) is 0 Å². The molecule has 0 bridgehead atoms. The lowest BCUT2D eigenvalue weighted by molar-refractivity contribution is -0.870. The smallest absolute Gasteiger partial charge is 0.306 e. The average Bonchev–Trinajstić information content (AvgIpc) is 3.02. The molecule has 2 unspecified atom stereocenters. The van der Waals surface area contributed by atoms with Crippen LogP contribution in [0.15, 0.2) is 36.5 Å². The zero-order valence-electron chi connectivity index (χ0n) is 31.2. The number of allylic oxidation sites excluding steroid dienone is 6. The second-order valence-corrected chi connectivity index (χ2v) is 15.0. The Bertz CT molecular complexity index is 928. The Morgan fingerprint density at radius 1 is 0.646 bits per heavy atom. The van der Waals surface area contributed by atoms with E-state index in [-0.39, 0.29) is 26.1 Å². The molecule has 2 atom stereocenters. The molecule has 0 aliphatic carbocycles. The first-order valence-electron chi connectivity index (χ1n) is 18.7. The van der Waals surface area contributed by atoms with Crippen molar-refractivity contribution in [3.8, 4) is 0 Å². The number of hydrogen-bond donors (Lipinski definition) is 0. The summed E-state index contributed by atoms with van der Waals surface area (Å²) in [7, 11) is 1.14. The van der Waals surface area contributed by atoms with Gasteiger partial charge in [-0.1, -0.05) is 108 Å². The van der Waals surface area contributed by atoms with Crippen LogP contribution < -0.4 is 4.89 Å². The molecule has 0 aliphatic heterocycles. The van der Waals surface area contributed by atoms with E-state index in [1.807, 2.05) is 21.1 Å². The third kappa shape index (κ3) is 34.1.